The molecule has 22 heavy (non-hydrogen) atoms. The Balaban J connectivity index is 6.08. The molecule has 0 unspecified atom stereocenters. The van der Waals surface area contributed by atoms with Crippen molar-refractivity contribution in [3.63, 3.8) is 0 Å². The number of aliphatic hydroxyl groups is 1. The summed E-state index contributed by atoms with van der Waals surface area (Å²) >= 11 is 0. The van der Waals surface area contributed by atoms with Crippen LogP contribution in [0.2, 0.25) is 0 Å². The number of carbonyl (C=O) groups is 4. The number of hydrogen-bond acceptors (Lipinski definition) is 5. The number of carboxylic acids is 3. The van der Waals surface area contributed by atoms with Gasteiger partial charge in [-0.1, -0.05) is 0 Å². The van der Waals surface area contributed by atoms with Gasteiger partial charge in [0.15, 0.2) is 11.4 Å². The van der Waals surface area contributed by atoms with E-state index in [2.05, 4.69) is 0 Å². The van der Waals surface area contributed by atoms with Crippen LogP contribution >= 0.6 is 0 Å². The molecule has 0 fully saturated rings. The molecule has 0 aromatic heterocycles. The van der Waals surface area contributed by atoms with Gasteiger partial charge in [-0.05, 0) is 39.0 Å². The van der Waals surface area contributed by atoms with Crippen LogP contribution in [0.4, 0.5) is 0 Å². The molecule has 0 aliphatic heterocycles. The molecule has 0 spiro atoms. The highest BCUT2D eigenvalue weighted by molar-refractivity contribution is 6.06. The maximum absolute atomic E-state index is 12.0. The molecule has 0 aromatic carbocycles. The van der Waals surface area contributed by atoms with Crippen molar-refractivity contribution in [2.75, 3.05) is 0 Å². The average molecular weight is 312 g/mol. The number of aliphatic carboxylic acids is 3. The Labute approximate surface area is 125 Å². The Morgan fingerprint density at radius 2 is 1.05 bits per heavy atom. The third-order valence-corrected chi connectivity index (χ3v) is 2.63. The van der Waals surface area contributed by atoms with Crippen molar-refractivity contribution in [3.8, 4) is 0 Å². The minimum absolute atomic E-state index is 0.397. The standard InChI is InChI=1S/C14H16O8/c1-7(11(16)17)4-10(15)14(22,5-8(2)12(18)19)6-9(3)13(20)21/h4-6,22H,1-3H3,(H,16,17)(H,18,19)(H,20,21). The summed E-state index contributed by atoms with van der Waals surface area (Å²) in [4.78, 5) is 44.4. The first-order valence-corrected chi connectivity index (χ1v) is 5.94. The van der Waals surface area contributed by atoms with E-state index >= 15 is 0 Å². The Bertz CT molecular complexity index is 576. The van der Waals surface area contributed by atoms with Gasteiger partial charge in [-0.25, -0.2) is 14.4 Å². The Kier molecular flexibility index (Phi) is 6.41. The van der Waals surface area contributed by atoms with Crippen LogP contribution < -0.4 is 0 Å². The third-order valence-electron chi connectivity index (χ3n) is 2.63. The van der Waals surface area contributed by atoms with E-state index in [0.29, 0.717) is 18.2 Å². The van der Waals surface area contributed by atoms with Gasteiger partial charge < -0.3 is 20.4 Å². The summed E-state index contributed by atoms with van der Waals surface area (Å²) in [6.07, 6.45) is 1.89. The summed E-state index contributed by atoms with van der Waals surface area (Å²) in [6.45, 7) is 3.29. The van der Waals surface area contributed by atoms with Crippen molar-refractivity contribution in [2.45, 2.75) is 26.4 Å². The maximum Gasteiger partial charge on any atom is 0.331 e. The van der Waals surface area contributed by atoms with E-state index in [0.717, 1.165) is 20.8 Å². The molecular formula is C14H16O8. The van der Waals surface area contributed by atoms with Crippen LogP contribution in [-0.2, 0) is 19.2 Å². The summed E-state index contributed by atoms with van der Waals surface area (Å²) in [5.41, 5.74) is -3.80. The van der Waals surface area contributed by atoms with E-state index in [4.69, 9.17) is 15.3 Å². The van der Waals surface area contributed by atoms with Gasteiger partial charge in [-0.2, -0.15) is 0 Å². The summed E-state index contributed by atoms with van der Waals surface area (Å²) in [7, 11) is 0. The number of ketones is 1. The largest absolute Gasteiger partial charge is 0.478 e. The molecule has 0 aromatic rings. The average Bonchev–Trinajstić information content (AvgIpc) is 2.37. The quantitative estimate of drug-likeness (QED) is 0.493. The van der Waals surface area contributed by atoms with Crippen LogP contribution in [0, 0.1) is 0 Å². The highest BCUT2D eigenvalue weighted by Crippen LogP contribution is 2.18. The van der Waals surface area contributed by atoms with Gasteiger partial charge in [0.1, 0.15) is 0 Å². The van der Waals surface area contributed by atoms with E-state index in [1.54, 1.807) is 0 Å². The SMILES string of the molecule is CC(=CC(=O)C(O)(C=C(C)C(=O)O)C=C(C)C(=O)O)C(=O)O. The van der Waals surface area contributed by atoms with E-state index in [9.17, 15) is 24.3 Å². The van der Waals surface area contributed by atoms with Crippen LogP contribution in [-0.4, -0.2) is 49.7 Å². The molecule has 0 radical (unpaired) electrons. The number of hydrogen-bond donors (Lipinski definition) is 4. The smallest absolute Gasteiger partial charge is 0.331 e. The van der Waals surface area contributed by atoms with E-state index in [1.807, 2.05) is 0 Å². The fourth-order valence-electron chi connectivity index (χ4n) is 1.34. The minimum atomic E-state index is -2.58. The summed E-state index contributed by atoms with van der Waals surface area (Å²) in [5, 5.41) is 36.6. The van der Waals surface area contributed by atoms with E-state index in [-0.39, 0.29) is 0 Å². The first-order chi connectivity index (χ1) is 9.90. The molecule has 8 heteroatoms. The Morgan fingerprint density at radius 1 is 0.727 bits per heavy atom. The lowest BCUT2D eigenvalue weighted by molar-refractivity contribution is -0.134. The predicted octanol–water partition coefficient (Wildman–Crippen LogP) is 0.379. The molecule has 8 nitrogen and oxygen atoms in total. The molecule has 0 saturated heterocycles. The van der Waals surface area contributed by atoms with Crippen molar-refractivity contribution < 1.29 is 39.6 Å². The lowest BCUT2D eigenvalue weighted by Crippen LogP contribution is -2.35. The molecule has 0 bridgehead atoms. The Morgan fingerprint density at radius 3 is 1.32 bits per heavy atom. The molecule has 0 aliphatic rings. The molecule has 0 rings (SSSR count). The third kappa shape index (κ3) is 5.33. The zero-order chi connectivity index (χ0) is 17.7. The van der Waals surface area contributed by atoms with Crippen molar-refractivity contribution in [1.82, 2.24) is 0 Å². The first-order valence-electron chi connectivity index (χ1n) is 5.94. The fraction of sp³-hybridized carbons (Fsp3) is 0.286. The lowest BCUT2D eigenvalue weighted by atomic mass is 9.91. The molecule has 0 amide bonds. The normalized spacial score (nSPS) is 15.9. The number of carboxylic acid groups (broad SMARTS) is 3. The number of rotatable bonds is 7. The molecule has 0 aliphatic carbocycles. The highest BCUT2D eigenvalue weighted by Gasteiger charge is 2.32. The van der Waals surface area contributed by atoms with Crippen LogP contribution in [0.1, 0.15) is 20.8 Å². The Hall–Kier alpha value is -2.74. The summed E-state index contributed by atoms with van der Waals surface area (Å²) < 4.78 is 0. The van der Waals surface area contributed by atoms with Gasteiger partial charge in [-0.15, -0.1) is 0 Å². The van der Waals surface area contributed by atoms with Crippen molar-refractivity contribution in [1.29, 1.82) is 0 Å². The molecule has 0 atom stereocenters. The zero-order valence-corrected chi connectivity index (χ0v) is 12.2. The molecular weight excluding hydrogens is 296 g/mol. The van der Waals surface area contributed by atoms with Gasteiger partial charge in [0, 0.05) is 16.7 Å². The van der Waals surface area contributed by atoms with Crippen molar-refractivity contribution in [2.24, 2.45) is 0 Å². The fourth-order valence-corrected chi connectivity index (χ4v) is 1.34. The van der Waals surface area contributed by atoms with Gasteiger partial charge >= 0.3 is 17.9 Å². The molecule has 0 heterocycles. The van der Waals surface area contributed by atoms with Crippen LogP contribution in [0.15, 0.2) is 34.9 Å². The maximum atomic E-state index is 12.0. The van der Waals surface area contributed by atoms with Crippen molar-refractivity contribution in [3.05, 3.63) is 34.9 Å². The topological polar surface area (TPSA) is 149 Å². The highest BCUT2D eigenvalue weighted by atomic mass is 16.4. The van der Waals surface area contributed by atoms with Gasteiger partial charge in [0.2, 0.25) is 0 Å². The molecule has 4 N–H and O–H groups in total. The van der Waals surface area contributed by atoms with Crippen molar-refractivity contribution >= 4 is 23.7 Å². The lowest BCUT2D eigenvalue weighted by Gasteiger charge is -2.19. The monoisotopic (exact) mass is 312 g/mol. The first kappa shape index (κ1) is 19.3. The van der Waals surface area contributed by atoms with Gasteiger partial charge in [0.05, 0.1) is 0 Å². The molecule has 120 valence electrons. The van der Waals surface area contributed by atoms with E-state index in [1.165, 1.54) is 0 Å². The van der Waals surface area contributed by atoms with E-state index < -0.39 is 46.0 Å². The summed E-state index contributed by atoms with van der Waals surface area (Å²) in [6, 6.07) is 0. The second kappa shape index (κ2) is 7.32. The van der Waals surface area contributed by atoms with Crippen LogP contribution in [0.25, 0.3) is 0 Å². The number of carbonyl (C=O) groups excluding carboxylic acids is 1. The second-order valence-electron chi connectivity index (χ2n) is 4.59. The second-order valence-corrected chi connectivity index (χ2v) is 4.59. The molecule has 0 saturated carbocycles. The minimum Gasteiger partial charge on any atom is -0.478 e. The van der Waals surface area contributed by atoms with Crippen LogP contribution in [0.3, 0.4) is 0 Å². The summed E-state index contributed by atoms with van der Waals surface area (Å²) in [5.74, 6) is -5.43. The van der Waals surface area contributed by atoms with Gasteiger partial charge in [0.25, 0.3) is 0 Å². The van der Waals surface area contributed by atoms with Crippen LogP contribution in [0.5, 0.6) is 0 Å². The predicted molar refractivity (Wildman–Crippen MR) is 74.1 cm³/mol. The zero-order valence-electron chi connectivity index (χ0n) is 12.2. The van der Waals surface area contributed by atoms with Gasteiger partial charge in [-0.3, -0.25) is 4.79 Å².